The Kier molecular flexibility index (Phi) is 5.15. The number of anilines is 1. The summed E-state index contributed by atoms with van der Waals surface area (Å²) in [5.74, 6) is 0. The van der Waals surface area contributed by atoms with Crippen LogP contribution in [0.2, 0.25) is 0 Å². The largest absolute Gasteiger partial charge is 0.388 e. The van der Waals surface area contributed by atoms with Crippen LogP contribution in [0.15, 0.2) is 42.5 Å². The number of carbonyl (C=O) groups excluding carboxylic acids is 1. The average molecular weight is 290 g/mol. The number of nitrogens with one attached hydrogen (secondary N) is 2. The average Bonchev–Trinajstić information content (AvgIpc) is 2.85. The molecule has 1 unspecified atom stereocenters. The predicted octanol–water partition coefficient (Wildman–Crippen LogP) is 3.30. The molecule has 106 valence electrons. The number of aliphatic hydroxyl groups is 1. The molecular weight excluding hydrogens is 272 g/mol. The fraction of sp³-hybridized carbons (Fsp3) is 0.267. The molecule has 0 aliphatic carbocycles. The fourth-order valence-electron chi connectivity index (χ4n) is 1.82. The molecule has 0 spiro atoms. The lowest BCUT2D eigenvalue weighted by Gasteiger charge is -2.11. The number of carbonyl (C=O) groups is 1. The van der Waals surface area contributed by atoms with Gasteiger partial charge in [0, 0.05) is 11.4 Å². The number of hydrogen-bond acceptors (Lipinski definition) is 3. The minimum atomic E-state index is -0.555. The molecule has 0 radical (unpaired) electrons. The SMILES string of the molecule is Cc1ccc(NC(=O)NCCC(O)c2ccccc2)s1. The van der Waals surface area contributed by atoms with Crippen LogP contribution in [-0.4, -0.2) is 17.7 Å². The predicted molar refractivity (Wildman–Crippen MR) is 82.1 cm³/mol. The van der Waals surface area contributed by atoms with Crippen LogP contribution in [0, 0.1) is 6.92 Å². The first-order valence-electron chi connectivity index (χ1n) is 6.49. The molecule has 2 rings (SSSR count). The van der Waals surface area contributed by atoms with Crippen molar-refractivity contribution in [1.29, 1.82) is 0 Å². The van der Waals surface area contributed by atoms with Crippen molar-refractivity contribution in [3.05, 3.63) is 52.9 Å². The van der Waals surface area contributed by atoms with Gasteiger partial charge < -0.3 is 10.4 Å². The number of aryl methyl sites for hydroxylation is 1. The summed E-state index contributed by atoms with van der Waals surface area (Å²) in [5, 5.41) is 16.3. The Labute approximate surface area is 122 Å². The van der Waals surface area contributed by atoms with Gasteiger partial charge in [0.2, 0.25) is 0 Å². The summed E-state index contributed by atoms with van der Waals surface area (Å²) in [6.07, 6.45) is -0.0681. The summed E-state index contributed by atoms with van der Waals surface area (Å²) in [6, 6.07) is 13.0. The van der Waals surface area contributed by atoms with Crippen molar-refractivity contribution in [2.24, 2.45) is 0 Å². The van der Waals surface area contributed by atoms with Crippen LogP contribution in [0.25, 0.3) is 0 Å². The van der Waals surface area contributed by atoms with Gasteiger partial charge >= 0.3 is 6.03 Å². The van der Waals surface area contributed by atoms with E-state index in [1.165, 1.54) is 11.3 Å². The molecule has 0 aliphatic rings. The van der Waals surface area contributed by atoms with Crippen LogP contribution in [-0.2, 0) is 0 Å². The zero-order valence-corrected chi connectivity index (χ0v) is 12.1. The third kappa shape index (κ3) is 4.36. The maximum Gasteiger partial charge on any atom is 0.319 e. The van der Waals surface area contributed by atoms with Crippen LogP contribution in [0.5, 0.6) is 0 Å². The molecule has 3 N–H and O–H groups in total. The zero-order chi connectivity index (χ0) is 14.4. The van der Waals surface area contributed by atoms with Gasteiger partial charge in [-0.25, -0.2) is 4.79 Å². The number of urea groups is 1. The van der Waals surface area contributed by atoms with Gasteiger partial charge in [-0.3, -0.25) is 5.32 Å². The van der Waals surface area contributed by atoms with E-state index in [-0.39, 0.29) is 6.03 Å². The topological polar surface area (TPSA) is 61.4 Å². The van der Waals surface area contributed by atoms with Gasteiger partial charge in [0.25, 0.3) is 0 Å². The van der Waals surface area contributed by atoms with Crippen molar-refractivity contribution in [3.8, 4) is 0 Å². The molecule has 4 nitrogen and oxygen atoms in total. The lowest BCUT2D eigenvalue weighted by Crippen LogP contribution is -2.30. The lowest BCUT2D eigenvalue weighted by atomic mass is 10.1. The summed E-state index contributed by atoms with van der Waals surface area (Å²) in [4.78, 5) is 12.8. The summed E-state index contributed by atoms with van der Waals surface area (Å²) >= 11 is 1.53. The third-order valence-electron chi connectivity index (χ3n) is 2.86. The van der Waals surface area contributed by atoms with E-state index in [1.54, 1.807) is 0 Å². The van der Waals surface area contributed by atoms with Crippen LogP contribution in [0.3, 0.4) is 0 Å². The van der Waals surface area contributed by atoms with Crippen LogP contribution < -0.4 is 10.6 Å². The third-order valence-corrected chi connectivity index (χ3v) is 3.78. The molecule has 20 heavy (non-hydrogen) atoms. The van der Waals surface area contributed by atoms with Gasteiger partial charge in [-0.2, -0.15) is 0 Å². The maximum absolute atomic E-state index is 11.6. The molecule has 0 saturated carbocycles. The summed E-state index contributed by atoms with van der Waals surface area (Å²) < 4.78 is 0. The molecule has 5 heteroatoms. The first kappa shape index (κ1) is 14.6. The Bertz CT molecular complexity index is 554. The number of thiophene rings is 1. The van der Waals surface area contributed by atoms with Crippen LogP contribution >= 0.6 is 11.3 Å². The monoisotopic (exact) mass is 290 g/mol. The lowest BCUT2D eigenvalue weighted by molar-refractivity contribution is 0.167. The van der Waals surface area contributed by atoms with Gasteiger partial charge in [0.1, 0.15) is 0 Å². The highest BCUT2D eigenvalue weighted by atomic mass is 32.1. The molecule has 0 aliphatic heterocycles. The van der Waals surface area contributed by atoms with E-state index in [1.807, 2.05) is 49.4 Å². The van der Waals surface area contributed by atoms with Gasteiger partial charge in [-0.05, 0) is 31.0 Å². The summed E-state index contributed by atoms with van der Waals surface area (Å²) in [5.41, 5.74) is 0.864. The Morgan fingerprint density at radius 2 is 2.00 bits per heavy atom. The molecule has 2 amide bonds. The van der Waals surface area contributed by atoms with Gasteiger partial charge in [0.15, 0.2) is 0 Å². The normalized spacial score (nSPS) is 11.9. The molecule has 2 aromatic rings. The van der Waals surface area contributed by atoms with E-state index in [2.05, 4.69) is 10.6 Å². The van der Waals surface area contributed by atoms with Crippen molar-refractivity contribution in [1.82, 2.24) is 5.32 Å². The molecular formula is C15H18N2O2S. The highest BCUT2D eigenvalue weighted by molar-refractivity contribution is 7.16. The van der Waals surface area contributed by atoms with E-state index in [4.69, 9.17) is 0 Å². The number of aliphatic hydroxyl groups excluding tert-OH is 1. The number of amides is 2. The Hall–Kier alpha value is -1.85. The summed E-state index contributed by atoms with van der Waals surface area (Å²) in [7, 11) is 0. The van der Waals surface area contributed by atoms with Crippen LogP contribution in [0.4, 0.5) is 9.80 Å². The van der Waals surface area contributed by atoms with Crippen molar-refractivity contribution in [2.75, 3.05) is 11.9 Å². The van der Waals surface area contributed by atoms with E-state index in [0.717, 1.165) is 15.4 Å². The minimum Gasteiger partial charge on any atom is -0.388 e. The first-order chi connectivity index (χ1) is 9.65. The molecule has 0 bridgehead atoms. The van der Waals surface area contributed by atoms with Crippen molar-refractivity contribution < 1.29 is 9.90 Å². The number of hydrogen-bond donors (Lipinski definition) is 3. The Balaban J connectivity index is 1.71. The molecule has 1 atom stereocenters. The van der Waals surface area contributed by atoms with Gasteiger partial charge in [0.05, 0.1) is 11.1 Å². The van der Waals surface area contributed by atoms with E-state index in [0.29, 0.717) is 13.0 Å². The molecule has 0 fully saturated rings. The zero-order valence-electron chi connectivity index (χ0n) is 11.3. The first-order valence-corrected chi connectivity index (χ1v) is 7.31. The van der Waals surface area contributed by atoms with Crippen LogP contribution in [0.1, 0.15) is 23.0 Å². The van der Waals surface area contributed by atoms with Crippen molar-refractivity contribution in [2.45, 2.75) is 19.4 Å². The second kappa shape index (κ2) is 7.07. The van der Waals surface area contributed by atoms with Crippen molar-refractivity contribution in [3.63, 3.8) is 0 Å². The highest BCUT2D eigenvalue weighted by Gasteiger charge is 2.08. The van der Waals surface area contributed by atoms with E-state index < -0.39 is 6.10 Å². The summed E-state index contributed by atoms with van der Waals surface area (Å²) in [6.45, 7) is 2.41. The fourth-order valence-corrected chi connectivity index (χ4v) is 2.58. The van der Waals surface area contributed by atoms with E-state index in [9.17, 15) is 9.90 Å². The molecule has 1 aromatic carbocycles. The smallest absolute Gasteiger partial charge is 0.319 e. The van der Waals surface area contributed by atoms with Gasteiger partial charge in [-0.1, -0.05) is 30.3 Å². The Morgan fingerprint density at radius 1 is 1.25 bits per heavy atom. The number of rotatable bonds is 5. The standard InChI is InChI=1S/C15H18N2O2S/c1-11-7-8-14(20-11)17-15(19)16-10-9-13(18)12-5-3-2-4-6-12/h2-8,13,18H,9-10H2,1H3,(H2,16,17,19). The quantitative estimate of drug-likeness (QED) is 0.791. The minimum absolute atomic E-state index is 0.243. The Morgan fingerprint density at radius 3 is 2.65 bits per heavy atom. The van der Waals surface area contributed by atoms with Gasteiger partial charge in [-0.15, -0.1) is 11.3 Å². The molecule has 1 heterocycles. The molecule has 0 saturated heterocycles. The number of benzene rings is 1. The second-order valence-corrected chi connectivity index (χ2v) is 5.79. The van der Waals surface area contributed by atoms with Crippen molar-refractivity contribution >= 4 is 22.4 Å². The second-order valence-electron chi connectivity index (χ2n) is 4.51. The highest BCUT2D eigenvalue weighted by Crippen LogP contribution is 2.20. The molecule has 1 aromatic heterocycles. The van der Waals surface area contributed by atoms with E-state index >= 15 is 0 Å². The maximum atomic E-state index is 11.6.